The zero-order chi connectivity index (χ0) is 15.7. The molecular weight excluding hydrogens is 270 g/mol. The van der Waals surface area contributed by atoms with Crippen LogP contribution in [-0.2, 0) is 9.59 Å². The van der Waals surface area contributed by atoms with Gasteiger partial charge in [-0.1, -0.05) is 6.07 Å². The van der Waals surface area contributed by atoms with Gasteiger partial charge in [0.1, 0.15) is 5.75 Å². The Labute approximate surface area is 124 Å². The van der Waals surface area contributed by atoms with Crippen molar-refractivity contribution in [1.82, 2.24) is 4.90 Å². The number of carbonyl (C=O) groups is 2. The molecule has 0 heterocycles. The molecule has 1 rings (SSSR count). The molecule has 112 valence electrons. The second kappa shape index (κ2) is 8.59. The van der Waals surface area contributed by atoms with Crippen molar-refractivity contribution in [3.8, 4) is 11.8 Å². The molecule has 0 fully saturated rings. The predicted octanol–water partition coefficient (Wildman–Crippen LogP) is 1.79. The van der Waals surface area contributed by atoms with Gasteiger partial charge < -0.3 is 15.0 Å². The molecule has 1 N–H and O–H groups in total. The molecule has 0 aliphatic carbocycles. The largest absolute Gasteiger partial charge is 0.493 e. The summed E-state index contributed by atoms with van der Waals surface area (Å²) in [5, 5.41) is 11.1. The van der Waals surface area contributed by atoms with Crippen LogP contribution in [0.2, 0.25) is 0 Å². The molecule has 6 nitrogen and oxygen atoms in total. The highest BCUT2D eigenvalue weighted by molar-refractivity contribution is 5.94. The van der Waals surface area contributed by atoms with Gasteiger partial charge in [0.05, 0.1) is 19.2 Å². The average Bonchev–Trinajstić information content (AvgIpc) is 2.43. The number of nitriles is 1. The van der Waals surface area contributed by atoms with Crippen molar-refractivity contribution in [2.24, 2.45) is 0 Å². The number of likely N-dealkylation sites (N-methyl/N-ethyl adjacent to an activating group) is 1. The number of hydrogen-bond donors (Lipinski definition) is 1. The molecule has 0 spiro atoms. The third-order valence-corrected chi connectivity index (χ3v) is 2.74. The summed E-state index contributed by atoms with van der Waals surface area (Å²) in [6, 6.07) is 9.05. The summed E-state index contributed by atoms with van der Waals surface area (Å²) >= 11 is 0. The van der Waals surface area contributed by atoms with Crippen molar-refractivity contribution in [2.75, 3.05) is 25.5 Å². The summed E-state index contributed by atoms with van der Waals surface area (Å²) in [5.41, 5.74) is 0.606. The maximum Gasteiger partial charge on any atom is 0.243 e. The standard InChI is InChI=1S/C15H19N3O3/c1-12(19)18(2)11-15(20)17-13-6-5-7-14(10-13)21-9-4-3-8-16/h5-7,10H,3-4,9,11H2,1-2H3,(H,17,20). The first-order chi connectivity index (χ1) is 10.0. The van der Waals surface area contributed by atoms with Gasteiger partial charge in [-0.3, -0.25) is 9.59 Å². The summed E-state index contributed by atoms with van der Waals surface area (Å²) in [6.45, 7) is 1.86. The van der Waals surface area contributed by atoms with E-state index in [1.165, 1.54) is 11.8 Å². The number of nitrogens with one attached hydrogen (secondary N) is 1. The molecule has 0 saturated heterocycles. The summed E-state index contributed by atoms with van der Waals surface area (Å²) in [4.78, 5) is 24.1. The predicted molar refractivity (Wildman–Crippen MR) is 78.7 cm³/mol. The Bertz CT molecular complexity index is 537. The van der Waals surface area contributed by atoms with Crippen LogP contribution in [0.1, 0.15) is 19.8 Å². The van der Waals surface area contributed by atoms with Crippen LogP contribution in [-0.4, -0.2) is 36.9 Å². The minimum Gasteiger partial charge on any atom is -0.493 e. The van der Waals surface area contributed by atoms with Crippen LogP contribution in [0, 0.1) is 11.3 Å². The van der Waals surface area contributed by atoms with Crippen LogP contribution < -0.4 is 10.1 Å². The van der Waals surface area contributed by atoms with Crippen LogP contribution in [0.5, 0.6) is 5.75 Å². The molecule has 2 amide bonds. The molecule has 1 aromatic rings. The van der Waals surface area contributed by atoms with Crippen molar-refractivity contribution in [1.29, 1.82) is 5.26 Å². The fraction of sp³-hybridized carbons (Fsp3) is 0.400. The Hall–Kier alpha value is -2.55. The average molecular weight is 289 g/mol. The molecule has 0 radical (unpaired) electrons. The molecule has 0 atom stereocenters. The third kappa shape index (κ3) is 6.43. The maximum atomic E-state index is 11.8. The lowest BCUT2D eigenvalue weighted by Gasteiger charge is -2.14. The summed E-state index contributed by atoms with van der Waals surface area (Å²) in [6.07, 6.45) is 1.12. The highest BCUT2D eigenvalue weighted by atomic mass is 16.5. The first-order valence-corrected chi connectivity index (χ1v) is 6.64. The Balaban J connectivity index is 2.50. The van der Waals surface area contributed by atoms with Gasteiger partial charge >= 0.3 is 0 Å². The van der Waals surface area contributed by atoms with Gasteiger partial charge in [0.25, 0.3) is 0 Å². The van der Waals surface area contributed by atoms with E-state index in [-0.39, 0.29) is 18.4 Å². The Morgan fingerprint density at radius 3 is 2.86 bits per heavy atom. The number of unbranched alkanes of at least 4 members (excludes halogenated alkanes) is 1. The molecule has 6 heteroatoms. The van der Waals surface area contributed by atoms with E-state index in [1.807, 2.05) is 6.07 Å². The van der Waals surface area contributed by atoms with E-state index in [0.717, 1.165) is 0 Å². The number of benzene rings is 1. The van der Waals surface area contributed by atoms with E-state index in [1.54, 1.807) is 31.3 Å². The molecule has 0 aromatic heterocycles. The van der Waals surface area contributed by atoms with E-state index in [9.17, 15) is 9.59 Å². The van der Waals surface area contributed by atoms with E-state index in [4.69, 9.17) is 10.00 Å². The van der Waals surface area contributed by atoms with Gasteiger partial charge in [0.15, 0.2) is 0 Å². The lowest BCUT2D eigenvalue weighted by Crippen LogP contribution is -2.33. The quantitative estimate of drug-likeness (QED) is 0.776. The zero-order valence-corrected chi connectivity index (χ0v) is 12.3. The molecule has 0 aliphatic rings. The third-order valence-electron chi connectivity index (χ3n) is 2.74. The summed E-state index contributed by atoms with van der Waals surface area (Å²) in [7, 11) is 1.57. The van der Waals surface area contributed by atoms with Crippen molar-refractivity contribution in [2.45, 2.75) is 19.8 Å². The molecule has 21 heavy (non-hydrogen) atoms. The number of amides is 2. The van der Waals surface area contributed by atoms with Crippen molar-refractivity contribution in [3.05, 3.63) is 24.3 Å². The highest BCUT2D eigenvalue weighted by Crippen LogP contribution is 2.17. The topological polar surface area (TPSA) is 82.4 Å². The molecule has 0 bridgehead atoms. The SMILES string of the molecule is CC(=O)N(C)CC(=O)Nc1cccc(OCCCC#N)c1. The van der Waals surface area contributed by atoms with Crippen molar-refractivity contribution < 1.29 is 14.3 Å². The minimum atomic E-state index is -0.269. The normalized spacial score (nSPS) is 9.57. The number of hydrogen-bond acceptors (Lipinski definition) is 4. The molecule has 0 unspecified atom stereocenters. The second-order valence-electron chi connectivity index (χ2n) is 4.56. The minimum absolute atomic E-state index is 0.00257. The lowest BCUT2D eigenvalue weighted by atomic mass is 10.3. The van der Waals surface area contributed by atoms with Crippen LogP contribution in [0.3, 0.4) is 0 Å². The first kappa shape index (κ1) is 16.5. The van der Waals surface area contributed by atoms with Crippen molar-refractivity contribution in [3.63, 3.8) is 0 Å². The van der Waals surface area contributed by atoms with E-state index in [0.29, 0.717) is 30.9 Å². The Morgan fingerprint density at radius 1 is 1.43 bits per heavy atom. The van der Waals surface area contributed by atoms with Gasteiger partial charge in [-0.05, 0) is 18.6 Å². The molecule has 1 aromatic carbocycles. The maximum absolute atomic E-state index is 11.8. The monoisotopic (exact) mass is 289 g/mol. The van der Waals surface area contributed by atoms with Crippen LogP contribution in [0.4, 0.5) is 5.69 Å². The van der Waals surface area contributed by atoms with Gasteiger partial charge in [-0.15, -0.1) is 0 Å². The lowest BCUT2D eigenvalue weighted by molar-refractivity contribution is -0.131. The smallest absolute Gasteiger partial charge is 0.243 e. The second-order valence-corrected chi connectivity index (χ2v) is 4.56. The fourth-order valence-electron chi connectivity index (χ4n) is 1.53. The Kier molecular flexibility index (Phi) is 6.75. The van der Waals surface area contributed by atoms with Gasteiger partial charge in [0.2, 0.25) is 11.8 Å². The van der Waals surface area contributed by atoms with Crippen LogP contribution >= 0.6 is 0 Å². The Morgan fingerprint density at radius 2 is 2.19 bits per heavy atom. The van der Waals surface area contributed by atoms with E-state index in [2.05, 4.69) is 5.32 Å². The zero-order valence-electron chi connectivity index (χ0n) is 12.3. The molecule has 0 saturated carbocycles. The number of ether oxygens (including phenoxy) is 1. The number of carbonyl (C=O) groups excluding carboxylic acids is 2. The highest BCUT2D eigenvalue weighted by Gasteiger charge is 2.09. The first-order valence-electron chi connectivity index (χ1n) is 6.64. The summed E-state index contributed by atoms with van der Waals surface area (Å²) < 4.78 is 5.48. The number of rotatable bonds is 7. The molecular formula is C15H19N3O3. The summed E-state index contributed by atoms with van der Waals surface area (Å²) in [5.74, 6) is 0.194. The van der Waals surface area contributed by atoms with Crippen molar-refractivity contribution >= 4 is 17.5 Å². The van der Waals surface area contributed by atoms with Crippen LogP contribution in [0.25, 0.3) is 0 Å². The number of nitrogens with zero attached hydrogens (tertiary/aromatic N) is 2. The number of anilines is 1. The van der Waals surface area contributed by atoms with Gasteiger partial charge in [-0.25, -0.2) is 0 Å². The van der Waals surface area contributed by atoms with Crippen LogP contribution in [0.15, 0.2) is 24.3 Å². The van der Waals surface area contributed by atoms with E-state index < -0.39 is 0 Å². The fourth-order valence-corrected chi connectivity index (χ4v) is 1.53. The van der Waals surface area contributed by atoms with Gasteiger partial charge in [0, 0.05) is 32.1 Å². The molecule has 0 aliphatic heterocycles. The van der Waals surface area contributed by atoms with E-state index >= 15 is 0 Å². The van der Waals surface area contributed by atoms with Gasteiger partial charge in [-0.2, -0.15) is 5.26 Å².